The predicted molar refractivity (Wildman–Crippen MR) is 77.6 cm³/mol. The van der Waals surface area contributed by atoms with Gasteiger partial charge in [-0.3, -0.25) is 0 Å². The van der Waals surface area contributed by atoms with E-state index in [2.05, 4.69) is 41.8 Å². The first-order chi connectivity index (χ1) is 7.99. The normalized spacial score (nSPS) is 10.6. The number of rotatable bonds is 1. The van der Waals surface area contributed by atoms with E-state index in [0.717, 1.165) is 15.7 Å². The van der Waals surface area contributed by atoms with Gasteiger partial charge >= 0.3 is 0 Å². The molecule has 0 N–H and O–H groups in total. The van der Waals surface area contributed by atoms with Crippen LogP contribution in [-0.2, 0) is 0 Å². The third-order valence-corrected chi connectivity index (χ3v) is 4.52. The number of nitrogens with zero attached hydrogens (tertiary/aromatic N) is 2. The summed E-state index contributed by atoms with van der Waals surface area (Å²) in [5, 5.41) is 1.02. The number of hydrogen-bond donors (Lipinski definition) is 0. The van der Waals surface area contributed by atoms with E-state index in [0.29, 0.717) is 20.5 Å². The third kappa shape index (κ3) is 2.81. The van der Waals surface area contributed by atoms with Gasteiger partial charge < -0.3 is 0 Å². The summed E-state index contributed by atoms with van der Waals surface area (Å²) in [7, 11) is 0. The van der Waals surface area contributed by atoms with Gasteiger partial charge in [0.05, 0.1) is 10.2 Å². The molecule has 2 nitrogen and oxygen atoms in total. The first kappa shape index (κ1) is 13.3. The van der Waals surface area contributed by atoms with Gasteiger partial charge in [0.15, 0.2) is 5.82 Å². The molecule has 0 spiro atoms. The molecule has 0 amide bonds. The maximum Gasteiger partial charge on any atom is 0.162 e. The van der Waals surface area contributed by atoms with Crippen molar-refractivity contribution in [2.24, 2.45) is 0 Å². The van der Waals surface area contributed by atoms with E-state index in [-0.39, 0.29) is 0 Å². The summed E-state index contributed by atoms with van der Waals surface area (Å²) in [5.74, 6) is 0.546. The molecule has 0 unspecified atom stereocenters. The average molecular weight is 397 g/mol. The van der Waals surface area contributed by atoms with Gasteiger partial charge in [-0.05, 0) is 41.1 Å². The maximum absolute atomic E-state index is 6.01. The van der Waals surface area contributed by atoms with Crippen LogP contribution in [0.2, 0.25) is 10.2 Å². The van der Waals surface area contributed by atoms with Crippen molar-refractivity contribution in [1.29, 1.82) is 0 Å². The van der Waals surface area contributed by atoms with Crippen molar-refractivity contribution in [1.82, 2.24) is 9.97 Å². The molecule has 88 valence electrons. The van der Waals surface area contributed by atoms with E-state index < -0.39 is 0 Å². The third-order valence-electron chi connectivity index (χ3n) is 2.15. The van der Waals surface area contributed by atoms with E-state index in [1.165, 1.54) is 0 Å². The van der Waals surface area contributed by atoms with E-state index in [4.69, 9.17) is 23.2 Å². The van der Waals surface area contributed by atoms with Gasteiger partial charge in [0, 0.05) is 15.1 Å². The van der Waals surface area contributed by atoms with Gasteiger partial charge in [-0.25, -0.2) is 9.97 Å². The second-order valence-electron chi connectivity index (χ2n) is 3.36. The number of aromatic nitrogens is 2. The maximum atomic E-state index is 6.01. The Hall–Kier alpha value is -0.160. The molecule has 0 saturated heterocycles. The molecule has 0 radical (unpaired) electrons. The van der Waals surface area contributed by atoms with Gasteiger partial charge in [0.2, 0.25) is 0 Å². The van der Waals surface area contributed by atoms with Crippen LogP contribution >= 0.6 is 55.1 Å². The van der Waals surface area contributed by atoms with Gasteiger partial charge in [0.25, 0.3) is 0 Å². The molecule has 0 saturated carbocycles. The summed E-state index contributed by atoms with van der Waals surface area (Å²) < 4.78 is 1.58. The summed E-state index contributed by atoms with van der Waals surface area (Å²) in [4.78, 5) is 8.60. The number of halogens is 4. The minimum absolute atomic E-state index is 0.388. The van der Waals surface area contributed by atoms with Crippen LogP contribution in [0, 0.1) is 6.92 Å². The second kappa shape index (κ2) is 5.22. The molecule has 1 heterocycles. The van der Waals surface area contributed by atoms with Crippen molar-refractivity contribution in [3.63, 3.8) is 0 Å². The fraction of sp³-hybridized carbons (Fsp3) is 0.0909. The van der Waals surface area contributed by atoms with Crippen LogP contribution in [0.3, 0.4) is 0 Å². The molecule has 0 aliphatic rings. The Kier molecular flexibility index (Phi) is 4.08. The highest BCUT2D eigenvalue weighted by Gasteiger charge is 2.12. The fourth-order valence-corrected chi connectivity index (χ4v) is 2.30. The zero-order valence-corrected chi connectivity index (χ0v) is 13.3. The van der Waals surface area contributed by atoms with Crippen molar-refractivity contribution < 1.29 is 0 Å². The fourth-order valence-electron chi connectivity index (χ4n) is 1.31. The van der Waals surface area contributed by atoms with Gasteiger partial charge in [-0.15, -0.1) is 0 Å². The van der Waals surface area contributed by atoms with Gasteiger partial charge in [-0.1, -0.05) is 39.1 Å². The summed E-state index contributed by atoms with van der Waals surface area (Å²) in [6.07, 6.45) is 0. The van der Waals surface area contributed by atoms with E-state index in [1.807, 2.05) is 13.0 Å². The van der Waals surface area contributed by atoms with Crippen LogP contribution in [-0.4, -0.2) is 9.97 Å². The molecule has 17 heavy (non-hydrogen) atoms. The monoisotopic (exact) mass is 394 g/mol. The van der Waals surface area contributed by atoms with Crippen LogP contribution in [0.15, 0.2) is 27.1 Å². The number of benzene rings is 1. The van der Waals surface area contributed by atoms with E-state index >= 15 is 0 Å². The molecule has 0 fully saturated rings. The summed E-state index contributed by atoms with van der Waals surface area (Å²) in [6.45, 7) is 1.86. The van der Waals surface area contributed by atoms with Gasteiger partial charge in [-0.2, -0.15) is 0 Å². The molecule has 0 aliphatic carbocycles. The highest BCUT2D eigenvalue weighted by atomic mass is 79.9. The number of hydrogen-bond acceptors (Lipinski definition) is 2. The van der Waals surface area contributed by atoms with Crippen molar-refractivity contribution >= 4 is 55.1 Å². The summed E-state index contributed by atoms with van der Waals surface area (Å²) in [5.41, 5.74) is 1.60. The predicted octanol–water partition coefficient (Wildman–Crippen LogP) is 5.28. The lowest BCUT2D eigenvalue weighted by molar-refractivity contribution is 1.09. The Bertz CT molecular complexity index is 565. The quantitative estimate of drug-likeness (QED) is 0.612. The Morgan fingerprint density at radius 3 is 2.47 bits per heavy atom. The lowest BCUT2D eigenvalue weighted by Gasteiger charge is -2.07. The zero-order valence-electron chi connectivity index (χ0n) is 8.64. The van der Waals surface area contributed by atoms with Gasteiger partial charge in [0.1, 0.15) is 5.15 Å². The lowest BCUT2D eigenvalue weighted by atomic mass is 10.2. The molecule has 1 aromatic carbocycles. The molecule has 0 atom stereocenters. The molecule has 6 heteroatoms. The van der Waals surface area contributed by atoms with Crippen molar-refractivity contribution in [3.8, 4) is 11.4 Å². The Morgan fingerprint density at radius 2 is 1.82 bits per heavy atom. The summed E-state index contributed by atoms with van der Waals surface area (Å²) >= 11 is 18.7. The highest BCUT2D eigenvalue weighted by molar-refractivity contribution is 9.11. The van der Waals surface area contributed by atoms with Crippen LogP contribution in [0.1, 0.15) is 5.69 Å². The molecule has 1 aromatic heterocycles. The Morgan fingerprint density at radius 1 is 1.12 bits per heavy atom. The van der Waals surface area contributed by atoms with Crippen molar-refractivity contribution in [3.05, 3.63) is 43.0 Å². The minimum Gasteiger partial charge on any atom is -0.232 e. The summed E-state index contributed by atoms with van der Waals surface area (Å²) in [6, 6.07) is 5.44. The highest BCUT2D eigenvalue weighted by Crippen LogP contribution is 2.31. The number of aryl methyl sites for hydroxylation is 1. The van der Waals surface area contributed by atoms with E-state index in [9.17, 15) is 0 Å². The van der Waals surface area contributed by atoms with Crippen LogP contribution < -0.4 is 0 Å². The molecule has 2 rings (SSSR count). The Balaban J connectivity index is 2.64. The molecular formula is C11H6Br2Cl2N2. The zero-order chi connectivity index (χ0) is 12.6. The largest absolute Gasteiger partial charge is 0.232 e. The molecule has 0 bridgehead atoms. The first-order valence-electron chi connectivity index (χ1n) is 4.64. The topological polar surface area (TPSA) is 25.8 Å². The molecular weight excluding hydrogens is 391 g/mol. The Labute approximate surface area is 126 Å². The smallest absolute Gasteiger partial charge is 0.162 e. The SMILES string of the molecule is Cc1nc(-c2cc(Cl)ccc2Br)nc(Cl)c1Br. The molecule has 0 aliphatic heterocycles. The molecule has 2 aromatic rings. The van der Waals surface area contributed by atoms with E-state index in [1.54, 1.807) is 12.1 Å². The first-order valence-corrected chi connectivity index (χ1v) is 6.98. The van der Waals surface area contributed by atoms with Crippen LogP contribution in [0.4, 0.5) is 0 Å². The minimum atomic E-state index is 0.388. The van der Waals surface area contributed by atoms with Crippen LogP contribution in [0.5, 0.6) is 0 Å². The van der Waals surface area contributed by atoms with Crippen LogP contribution in [0.25, 0.3) is 11.4 Å². The van der Waals surface area contributed by atoms with Crippen molar-refractivity contribution in [2.45, 2.75) is 6.92 Å². The second-order valence-corrected chi connectivity index (χ2v) is 5.80. The lowest BCUT2D eigenvalue weighted by Crippen LogP contribution is -1.95. The van der Waals surface area contributed by atoms with Crippen molar-refractivity contribution in [2.75, 3.05) is 0 Å². The average Bonchev–Trinajstić information content (AvgIpc) is 2.28. The standard InChI is InChI=1S/C11H6Br2Cl2N2/c1-5-9(13)10(15)17-11(16-5)7-4-6(14)2-3-8(7)12/h2-4H,1H3.